The minimum atomic E-state index is 1.22. The predicted molar refractivity (Wildman–Crippen MR) is 20.4 cm³/mol. The molecule has 1 aromatic heterocycles. The van der Waals surface area contributed by atoms with Crippen LogP contribution in [0, 0.1) is 36.6 Å². The van der Waals surface area contributed by atoms with E-state index in [-0.39, 0.29) is 0 Å². The maximum absolute atomic E-state index is 3.00. The third kappa shape index (κ3) is 1.01. The van der Waals surface area contributed by atoms with Gasteiger partial charge in [0.15, 0.2) is 0 Å². The van der Waals surface area contributed by atoms with Gasteiger partial charge < -0.3 is 0 Å². The van der Waals surface area contributed by atoms with Crippen LogP contribution in [0.1, 0.15) is 0 Å². The van der Waals surface area contributed by atoms with E-state index in [1.165, 1.54) is 1.67 Å². The van der Waals surface area contributed by atoms with Crippen LogP contribution in [0.3, 0.4) is 0 Å². The molecule has 0 aliphatic carbocycles. The molecule has 0 saturated carbocycles. The first-order valence-electron chi connectivity index (χ1n) is 1.66. The van der Waals surface area contributed by atoms with Crippen LogP contribution in [0.4, 0.5) is 0 Å². The van der Waals surface area contributed by atoms with Gasteiger partial charge in [0, 0.05) is 0 Å². The van der Waals surface area contributed by atoms with Crippen LogP contribution in [0.25, 0.3) is 0 Å². The summed E-state index contributed by atoms with van der Waals surface area (Å²) in [6, 6.07) is 4.01. The van der Waals surface area contributed by atoms with Crippen molar-refractivity contribution in [3.63, 3.8) is 0 Å². The molecule has 1 nitrogen and oxygen atoms in total. The molecule has 34 valence electrons. The summed E-state index contributed by atoms with van der Waals surface area (Å²) in [5.74, 6) is 0. The number of aromatic amines is 1. The SMILES string of the molecule is [Tb][c]1ccc[nH]1. The molecule has 1 rings (SSSR count). The number of hydrogen-bond donors (Lipinski definition) is 1. The molecule has 1 aromatic rings. The standard InChI is InChI=1S/C4H4N.Tb/c1-2-4-5-3-1;/h1-3,5H;. The van der Waals surface area contributed by atoms with Gasteiger partial charge in [-0.1, -0.05) is 0 Å². The van der Waals surface area contributed by atoms with E-state index in [2.05, 4.69) is 4.98 Å². The van der Waals surface area contributed by atoms with E-state index in [0.29, 0.717) is 0 Å². The van der Waals surface area contributed by atoms with Gasteiger partial charge in [-0.05, 0) is 0 Å². The summed E-state index contributed by atoms with van der Waals surface area (Å²) in [4.78, 5) is 3.00. The molecule has 1 heterocycles. The van der Waals surface area contributed by atoms with Crippen molar-refractivity contribution in [3.8, 4) is 0 Å². The first kappa shape index (κ1) is 4.72. The average molecular weight is 225 g/mol. The molecule has 0 spiro atoms. The van der Waals surface area contributed by atoms with E-state index in [4.69, 9.17) is 0 Å². The molecular weight excluding hydrogens is 221 g/mol. The second-order valence-corrected chi connectivity index (χ2v) is 2.15. The molecule has 0 saturated heterocycles. The van der Waals surface area contributed by atoms with Crippen molar-refractivity contribution in [2.24, 2.45) is 0 Å². The molecule has 0 aromatic carbocycles. The summed E-state index contributed by atoms with van der Waals surface area (Å²) in [5.41, 5.74) is 0. The zero-order valence-corrected chi connectivity index (χ0v) is 5.20. The summed E-state index contributed by atoms with van der Waals surface area (Å²) < 4.78 is 1.22. The number of rotatable bonds is 0. The molecular formula is C4H4NTb. The van der Waals surface area contributed by atoms with Gasteiger partial charge in [0.25, 0.3) is 0 Å². The molecule has 2 heteroatoms. The molecule has 1 N–H and O–H groups in total. The molecule has 0 bridgehead atoms. The molecule has 0 unspecified atom stereocenters. The Bertz CT molecular complexity index is 111. The molecule has 0 fully saturated rings. The van der Waals surface area contributed by atoms with Gasteiger partial charge >= 0.3 is 61.6 Å². The zero-order valence-electron chi connectivity index (χ0n) is 3.07. The van der Waals surface area contributed by atoms with Crippen molar-refractivity contribution in [1.82, 2.24) is 4.98 Å². The van der Waals surface area contributed by atoms with Crippen molar-refractivity contribution in [1.29, 1.82) is 0 Å². The van der Waals surface area contributed by atoms with Crippen molar-refractivity contribution in [3.05, 3.63) is 18.3 Å². The summed E-state index contributed by atoms with van der Waals surface area (Å²) in [5, 5.41) is 0. The van der Waals surface area contributed by atoms with Gasteiger partial charge in [0.05, 0.1) is 0 Å². The van der Waals surface area contributed by atoms with Gasteiger partial charge in [-0.25, -0.2) is 0 Å². The van der Waals surface area contributed by atoms with Crippen LogP contribution in [-0.2, 0) is 0 Å². The van der Waals surface area contributed by atoms with E-state index in [0.717, 1.165) is 0 Å². The van der Waals surface area contributed by atoms with Crippen LogP contribution in [0.5, 0.6) is 0 Å². The van der Waals surface area contributed by atoms with Gasteiger partial charge in [-0.3, -0.25) is 0 Å². The van der Waals surface area contributed by atoms with Crippen LogP contribution < -0.4 is 1.67 Å². The van der Waals surface area contributed by atoms with Crippen molar-refractivity contribution in [2.45, 2.75) is 0 Å². The quantitative estimate of drug-likeness (QED) is 0.648. The van der Waals surface area contributed by atoms with E-state index in [1.54, 1.807) is 0 Å². The molecule has 0 aliphatic rings. The van der Waals surface area contributed by atoms with Crippen LogP contribution in [0.15, 0.2) is 18.3 Å². The zero-order chi connectivity index (χ0) is 4.41. The Kier molecular flexibility index (Phi) is 1.59. The van der Waals surface area contributed by atoms with Crippen LogP contribution >= 0.6 is 0 Å². The third-order valence-electron chi connectivity index (χ3n) is 0.546. The van der Waals surface area contributed by atoms with E-state index in [1.807, 2.05) is 55.0 Å². The predicted octanol–water partition coefficient (Wildman–Crippen LogP) is 0.189. The summed E-state index contributed by atoms with van der Waals surface area (Å²) >= 11 is 2.03. The molecule has 0 amide bonds. The van der Waals surface area contributed by atoms with E-state index in [9.17, 15) is 0 Å². The molecule has 0 radical (unpaired) electrons. The van der Waals surface area contributed by atoms with Gasteiger partial charge in [0.1, 0.15) is 0 Å². The Morgan fingerprint density at radius 1 is 1.67 bits per heavy atom. The Labute approximate surface area is 61.1 Å². The summed E-state index contributed by atoms with van der Waals surface area (Å²) in [6.45, 7) is 0. The Balaban J connectivity index is 3.05. The molecule has 0 atom stereocenters. The fourth-order valence-electron chi connectivity index (χ4n) is 0.300. The third-order valence-corrected chi connectivity index (χ3v) is 1.21. The average Bonchev–Trinajstić information content (AvgIpc) is 1.86. The van der Waals surface area contributed by atoms with Gasteiger partial charge in [-0.2, -0.15) is 0 Å². The van der Waals surface area contributed by atoms with Gasteiger partial charge in [0.2, 0.25) is 0 Å². The molecule has 6 heavy (non-hydrogen) atoms. The number of H-pyrrole nitrogens is 1. The van der Waals surface area contributed by atoms with Crippen molar-refractivity contribution >= 4 is 1.67 Å². The molecule has 0 aliphatic heterocycles. The fraction of sp³-hybridized carbons (Fsp3) is 0. The monoisotopic (exact) mass is 225 g/mol. The van der Waals surface area contributed by atoms with Crippen molar-refractivity contribution < 1.29 is 36.6 Å². The number of aromatic nitrogens is 1. The van der Waals surface area contributed by atoms with Crippen LogP contribution in [0.2, 0.25) is 0 Å². The minimum absolute atomic E-state index is 1.22. The van der Waals surface area contributed by atoms with Crippen molar-refractivity contribution in [2.75, 3.05) is 0 Å². The topological polar surface area (TPSA) is 15.8 Å². The Morgan fingerprint density at radius 2 is 2.50 bits per heavy atom. The normalized spacial score (nSPS) is 9.00. The Hall–Kier alpha value is 0.566. The Morgan fingerprint density at radius 3 is 2.67 bits per heavy atom. The maximum atomic E-state index is 3.00. The van der Waals surface area contributed by atoms with Crippen LogP contribution in [-0.4, -0.2) is 4.98 Å². The second-order valence-electron chi connectivity index (χ2n) is 0.994. The fourth-order valence-corrected chi connectivity index (χ4v) is 0.684. The first-order valence-corrected chi connectivity index (χ1v) is 2.73. The summed E-state index contributed by atoms with van der Waals surface area (Å²) in [7, 11) is 0. The first-order chi connectivity index (χ1) is 2.89. The number of hydrogen-bond acceptors (Lipinski definition) is 0. The summed E-state index contributed by atoms with van der Waals surface area (Å²) in [6.07, 6.45) is 1.91. The second kappa shape index (κ2) is 2.03. The number of nitrogens with one attached hydrogen (secondary N) is 1. The van der Waals surface area contributed by atoms with E-state index < -0.39 is 0 Å². The van der Waals surface area contributed by atoms with E-state index >= 15 is 0 Å². The van der Waals surface area contributed by atoms with Gasteiger partial charge in [-0.15, -0.1) is 0 Å².